The molecule has 0 bridgehead atoms. The molecule has 20 heavy (non-hydrogen) atoms. The highest BCUT2D eigenvalue weighted by molar-refractivity contribution is 5.91. The Morgan fingerprint density at radius 3 is 2.80 bits per heavy atom. The lowest BCUT2D eigenvalue weighted by atomic mass is 10.2. The number of carbonyl (C=O) groups is 1. The molecule has 0 saturated carbocycles. The number of para-hydroxylation sites is 1. The van der Waals surface area contributed by atoms with Crippen LogP contribution in [0.25, 0.3) is 10.9 Å². The molecule has 1 saturated heterocycles. The first-order chi connectivity index (χ1) is 9.75. The molecule has 1 unspecified atom stereocenters. The maximum absolute atomic E-state index is 12.3. The molecule has 1 fully saturated rings. The molecule has 1 atom stereocenters. The molecular weight excluding hydrogens is 252 g/mol. The second-order valence-electron chi connectivity index (χ2n) is 5.14. The predicted octanol–water partition coefficient (Wildman–Crippen LogP) is 2.05. The summed E-state index contributed by atoms with van der Waals surface area (Å²) in [5, 5.41) is 4.16. The van der Waals surface area contributed by atoms with Crippen molar-refractivity contribution in [3.05, 3.63) is 30.6 Å². The number of nitrogens with one attached hydrogen (secondary N) is 1. The van der Waals surface area contributed by atoms with Gasteiger partial charge in [0.15, 0.2) is 0 Å². The third kappa shape index (κ3) is 2.43. The van der Waals surface area contributed by atoms with Crippen LogP contribution >= 0.6 is 0 Å². The van der Waals surface area contributed by atoms with E-state index in [1.807, 2.05) is 36.1 Å². The van der Waals surface area contributed by atoms with Gasteiger partial charge in [-0.25, -0.2) is 9.97 Å². The van der Waals surface area contributed by atoms with Crippen molar-refractivity contribution in [2.45, 2.75) is 25.8 Å². The van der Waals surface area contributed by atoms with E-state index < -0.39 is 0 Å². The number of nitrogens with zero attached hydrogens (tertiary/aromatic N) is 3. The van der Waals surface area contributed by atoms with Gasteiger partial charge in [-0.15, -0.1) is 0 Å². The summed E-state index contributed by atoms with van der Waals surface area (Å²) in [6.07, 6.45) is 3.74. The quantitative estimate of drug-likeness (QED) is 0.927. The first-order valence-corrected chi connectivity index (χ1v) is 7.01. The molecule has 1 aliphatic heterocycles. The molecule has 2 heterocycles. The van der Waals surface area contributed by atoms with Gasteiger partial charge in [0.2, 0.25) is 5.91 Å². The summed E-state index contributed by atoms with van der Waals surface area (Å²) < 4.78 is 0. The first-order valence-electron chi connectivity index (χ1n) is 7.01. The number of fused-ring (bicyclic) bond motifs is 1. The van der Waals surface area contributed by atoms with Crippen LogP contribution in [0.1, 0.15) is 19.8 Å². The van der Waals surface area contributed by atoms with Gasteiger partial charge >= 0.3 is 0 Å². The van der Waals surface area contributed by atoms with Gasteiger partial charge in [0, 0.05) is 18.5 Å². The first kappa shape index (κ1) is 12.8. The van der Waals surface area contributed by atoms with Crippen LogP contribution in [-0.4, -0.2) is 39.9 Å². The van der Waals surface area contributed by atoms with Gasteiger partial charge in [0.05, 0.1) is 5.52 Å². The van der Waals surface area contributed by atoms with Crippen LogP contribution in [0, 0.1) is 0 Å². The maximum atomic E-state index is 12.3. The number of hydrogen-bond acceptors (Lipinski definition) is 4. The van der Waals surface area contributed by atoms with Crippen LogP contribution in [0.5, 0.6) is 0 Å². The van der Waals surface area contributed by atoms with Crippen molar-refractivity contribution >= 4 is 22.6 Å². The molecule has 0 aliphatic carbocycles. The van der Waals surface area contributed by atoms with E-state index in [9.17, 15) is 4.79 Å². The number of rotatable bonds is 3. The van der Waals surface area contributed by atoms with Gasteiger partial charge in [0.1, 0.15) is 18.2 Å². The molecule has 2 aromatic rings. The van der Waals surface area contributed by atoms with Crippen LogP contribution in [0.3, 0.4) is 0 Å². The van der Waals surface area contributed by atoms with Crippen LogP contribution in [-0.2, 0) is 4.79 Å². The number of hydrogen-bond donors (Lipinski definition) is 1. The van der Waals surface area contributed by atoms with E-state index in [1.165, 1.54) is 6.33 Å². The van der Waals surface area contributed by atoms with Crippen molar-refractivity contribution in [2.24, 2.45) is 0 Å². The predicted molar refractivity (Wildman–Crippen MR) is 78.4 cm³/mol. The van der Waals surface area contributed by atoms with Crippen molar-refractivity contribution in [1.29, 1.82) is 0 Å². The minimum absolute atomic E-state index is 0.144. The summed E-state index contributed by atoms with van der Waals surface area (Å²) in [6, 6.07) is 7.52. The zero-order chi connectivity index (χ0) is 13.9. The second kappa shape index (κ2) is 5.45. The van der Waals surface area contributed by atoms with Crippen LogP contribution in [0.4, 0.5) is 5.82 Å². The van der Waals surface area contributed by atoms with Gasteiger partial charge in [-0.2, -0.15) is 0 Å². The highest BCUT2D eigenvalue weighted by Gasteiger charge is 2.23. The van der Waals surface area contributed by atoms with E-state index in [-0.39, 0.29) is 11.9 Å². The van der Waals surface area contributed by atoms with Crippen LogP contribution in [0.2, 0.25) is 0 Å². The Balaban J connectivity index is 1.80. The molecule has 0 radical (unpaired) electrons. The average molecular weight is 270 g/mol. The van der Waals surface area contributed by atoms with Crippen molar-refractivity contribution in [3.8, 4) is 0 Å². The molecule has 1 aromatic heterocycles. The van der Waals surface area contributed by atoms with Crippen molar-refractivity contribution in [2.75, 3.05) is 18.4 Å². The number of amides is 1. The lowest BCUT2D eigenvalue weighted by Crippen LogP contribution is -2.39. The van der Waals surface area contributed by atoms with E-state index >= 15 is 0 Å². The molecule has 1 amide bonds. The lowest BCUT2D eigenvalue weighted by Gasteiger charge is -2.21. The molecule has 5 nitrogen and oxygen atoms in total. The fraction of sp³-hybridized carbons (Fsp3) is 0.400. The van der Waals surface area contributed by atoms with Crippen molar-refractivity contribution in [1.82, 2.24) is 14.9 Å². The van der Waals surface area contributed by atoms with Gasteiger partial charge in [-0.05, 0) is 31.9 Å². The van der Waals surface area contributed by atoms with Gasteiger partial charge < -0.3 is 10.2 Å². The van der Waals surface area contributed by atoms with Gasteiger partial charge in [0.25, 0.3) is 0 Å². The number of aromatic nitrogens is 2. The van der Waals surface area contributed by atoms with E-state index in [0.717, 1.165) is 42.7 Å². The Morgan fingerprint density at radius 1 is 1.25 bits per heavy atom. The lowest BCUT2D eigenvalue weighted by molar-refractivity contribution is -0.130. The summed E-state index contributed by atoms with van der Waals surface area (Å²) in [4.78, 5) is 22.7. The molecule has 1 N–H and O–H groups in total. The van der Waals surface area contributed by atoms with Gasteiger partial charge in [-0.1, -0.05) is 12.1 Å². The Bertz CT molecular complexity index is 617. The SMILES string of the molecule is CC(Nc1ncnc2ccccc12)C(=O)N1CCCC1. The van der Waals surface area contributed by atoms with E-state index in [1.54, 1.807) is 0 Å². The Labute approximate surface area is 118 Å². The second-order valence-corrected chi connectivity index (χ2v) is 5.14. The fourth-order valence-electron chi connectivity index (χ4n) is 2.60. The highest BCUT2D eigenvalue weighted by Crippen LogP contribution is 2.19. The number of anilines is 1. The van der Waals surface area contributed by atoms with E-state index in [2.05, 4.69) is 15.3 Å². The summed E-state index contributed by atoms with van der Waals surface area (Å²) in [6.45, 7) is 3.63. The summed E-state index contributed by atoms with van der Waals surface area (Å²) in [7, 11) is 0. The molecule has 1 aromatic carbocycles. The maximum Gasteiger partial charge on any atom is 0.244 e. The molecule has 0 spiro atoms. The standard InChI is InChI=1S/C15H18N4O/c1-11(15(20)19-8-4-5-9-19)18-14-12-6-2-3-7-13(12)16-10-17-14/h2-3,6-7,10-11H,4-5,8-9H2,1H3,(H,16,17,18). The minimum atomic E-state index is -0.272. The number of benzene rings is 1. The third-order valence-corrected chi connectivity index (χ3v) is 3.68. The zero-order valence-corrected chi connectivity index (χ0v) is 11.5. The molecule has 3 rings (SSSR count). The zero-order valence-electron chi connectivity index (χ0n) is 11.5. The number of likely N-dealkylation sites (tertiary alicyclic amines) is 1. The summed E-state index contributed by atoms with van der Waals surface area (Å²) in [5.74, 6) is 0.862. The molecular formula is C15H18N4O. The Hall–Kier alpha value is -2.17. The third-order valence-electron chi connectivity index (χ3n) is 3.68. The molecule has 1 aliphatic rings. The van der Waals surface area contributed by atoms with Crippen molar-refractivity contribution in [3.63, 3.8) is 0 Å². The van der Waals surface area contributed by atoms with Crippen molar-refractivity contribution < 1.29 is 4.79 Å². The smallest absolute Gasteiger partial charge is 0.244 e. The van der Waals surface area contributed by atoms with E-state index in [4.69, 9.17) is 0 Å². The Kier molecular flexibility index (Phi) is 3.50. The summed E-state index contributed by atoms with van der Waals surface area (Å²) in [5.41, 5.74) is 0.880. The topological polar surface area (TPSA) is 58.1 Å². The van der Waals surface area contributed by atoms with Gasteiger partial charge in [-0.3, -0.25) is 4.79 Å². The Morgan fingerprint density at radius 2 is 2.00 bits per heavy atom. The molecule has 5 heteroatoms. The summed E-state index contributed by atoms with van der Waals surface area (Å²) >= 11 is 0. The van der Waals surface area contributed by atoms with E-state index in [0.29, 0.717) is 0 Å². The van der Waals surface area contributed by atoms with Crippen LogP contribution in [0.15, 0.2) is 30.6 Å². The number of carbonyl (C=O) groups excluding carboxylic acids is 1. The molecule has 104 valence electrons. The monoisotopic (exact) mass is 270 g/mol. The average Bonchev–Trinajstić information content (AvgIpc) is 3.01. The largest absolute Gasteiger partial charge is 0.358 e. The fourth-order valence-corrected chi connectivity index (χ4v) is 2.60. The minimum Gasteiger partial charge on any atom is -0.358 e. The van der Waals surface area contributed by atoms with Crippen LogP contribution < -0.4 is 5.32 Å². The highest BCUT2D eigenvalue weighted by atomic mass is 16.2. The normalized spacial score (nSPS) is 16.4.